The number of methoxy groups -OCH3 is 1. The van der Waals surface area contributed by atoms with Crippen LogP contribution in [-0.2, 0) is 9.53 Å². The number of carbonyl (C=O) groups excluding carboxylic acids is 1. The maximum absolute atomic E-state index is 11.6. The lowest BCUT2D eigenvalue weighted by atomic mass is 10.0. The summed E-state index contributed by atoms with van der Waals surface area (Å²) in [6.07, 6.45) is 0. The predicted octanol–water partition coefficient (Wildman–Crippen LogP) is 4.90. The molecule has 98 valence electrons. The first kappa shape index (κ1) is 14.2. The van der Waals surface area contributed by atoms with Gasteiger partial charge in [-0.25, -0.2) is 4.79 Å². The fourth-order valence-corrected chi connectivity index (χ4v) is 2.30. The van der Waals surface area contributed by atoms with Crippen LogP contribution in [0.25, 0.3) is 16.3 Å². The molecule has 0 saturated heterocycles. The van der Waals surface area contributed by atoms with E-state index in [2.05, 4.69) is 4.74 Å². The SMILES string of the molecule is COC(=O)C(=CCl)c1ccc2cc(Cl)c(Cl)cc2c1. The molecule has 0 atom stereocenters. The molecule has 0 N–H and O–H groups in total. The highest BCUT2D eigenvalue weighted by atomic mass is 35.5. The van der Waals surface area contributed by atoms with Crippen LogP contribution in [0.15, 0.2) is 35.9 Å². The molecule has 0 unspecified atom stereocenters. The summed E-state index contributed by atoms with van der Waals surface area (Å²) in [5, 5.41) is 2.74. The van der Waals surface area contributed by atoms with Crippen LogP contribution >= 0.6 is 34.8 Å². The van der Waals surface area contributed by atoms with E-state index in [-0.39, 0.29) is 5.57 Å². The molecule has 5 heteroatoms. The normalized spacial score (nSPS) is 11.7. The van der Waals surface area contributed by atoms with Crippen LogP contribution in [0.4, 0.5) is 0 Å². The van der Waals surface area contributed by atoms with E-state index in [1.807, 2.05) is 12.1 Å². The van der Waals surface area contributed by atoms with Crippen molar-refractivity contribution in [1.29, 1.82) is 0 Å². The molecule has 19 heavy (non-hydrogen) atoms. The number of hydrogen-bond acceptors (Lipinski definition) is 2. The Balaban J connectivity index is 2.58. The van der Waals surface area contributed by atoms with Crippen LogP contribution in [0.3, 0.4) is 0 Å². The molecular weight excluding hydrogens is 307 g/mol. The van der Waals surface area contributed by atoms with E-state index in [9.17, 15) is 4.79 Å². The molecule has 0 amide bonds. The minimum atomic E-state index is -0.491. The van der Waals surface area contributed by atoms with E-state index in [1.165, 1.54) is 12.6 Å². The van der Waals surface area contributed by atoms with Crippen molar-refractivity contribution in [2.24, 2.45) is 0 Å². The van der Waals surface area contributed by atoms with E-state index in [0.29, 0.717) is 15.6 Å². The highest BCUT2D eigenvalue weighted by Crippen LogP contribution is 2.30. The molecule has 0 saturated carbocycles. The van der Waals surface area contributed by atoms with Crippen molar-refractivity contribution in [2.75, 3.05) is 7.11 Å². The number of ether oxygens (including phenoxy) is 1. The van der Waals surface area contributed by atoms with Gasteiger partial charge in [0.25, 0.3) is 0 Å². The molecule has 0 heterocycles. The van der Waals surface area contributed by atoms with Crippen LogP contribution in [-0.4, -0.2) is 13.1 Å². The quantitative estimate of drug-likeness (QED) is 0.582. The Labute approximate surface area is 125 Å². The molecule has 0 bridgehead atoms. The van der Waals surface area contributed by atoms with Gasteiger partial charge in [-0.1, -0.05) is 46.9 Å². The van der Waals surface area contributed by atoms with Gasteiger partial charge in [0.15, 0.2) is 0 Å². The first-order valence-electron chi connectivity index (χ1n) is 5.34. The number of rotatable bonds is 2. The number of carbonyl (C=O) groups is 1. The fourth-order valence-electron chi connectivity index (χ4n) is 1.75. The molecule has 0 fully saturated rings. The van der Waals surface area contributed by atoms with E-state index >= 15 is 0 Å². The molecule has 2 nitrogen and oxygen atoms in total. The standard InChI is InChI=1S/C14H9Cl3O2/c1-19-14(18)11(7-15)9-3-2-8-5-12(16)13(17)6-10(8)4-9/h2-7H,1H3. The average molecular weight is 316 g/mol. The summed E-state index contributed by atoms with van der Waals surface area (Å²) in [6, 6.07) is 8.94. The minimum Gasteiger partial charge on any atom is -0.465 e. The van der Waals surface area contributed by atoms with Crippen molar-refractivity contribution in [2.45, 2.75) is 0 Å². The Kier molecular flexibility index (Phi) is 4.35. The van der Waals surface area contributed by atoms with Gasteiger partial charge < -0.3 is 4.74 Å². The summed E-state index contributed by atoms with van der Waals surface area (Å²) in [5.41, 5.74) is 2.15. The van der Waals surface area contributed by atoms with Crippen LogP contribution in [0, 0.1) is 0 Å². The largest absolute Gasteiger partial charge is 0.465 e. The van der Waals surface area contributed by atoms with Gasteiger partial charge in [0, 0.05) is 5.54 Å². The lowest BCUT2D eigenvalue weighted by Crippen LogP contribution is -2.03. The zero-order valence-corrected chi connectivity index (χ0v) is 12.2. The van der Waals surface area contributed by atoms with Gasteiger partial charge in [0.1, 0.15) is 0 Å². The second-order valence-corrected chi connectivity index (χ2v) is 4.88. The van der Waals surface area contributed by atoms with Gasteiger partial charge in [-0.3, -0.25) is 0 Å². The number of esters is 1. The number of benzene rings is 2. The Morgan fingerprint density at radius 2 is 1.74 bits per heavy atom. The molecule has 0 aliphatic rings. The highest BCUT2D eigenvalue weighted by Gasteiger charge is 2.12. The van der Waals surface area contributed by atoms with E-state index in [4.69, 9.17) is 34.8 Å². The molecule has 0 aliphatic heterocycles. The second kappa shape index (κ2) is 5.83. The molecule has 2 aromatic rings. The van der Waals surface area contributed by atoms with Gasteiger partial charge in [-0.15, -0.1) is 0 Å². The van der Waals surface area contributed by atoms with Crippen LogP contribution < -0.4 is 0 Å². The summed E-state index contributed by atoms with van der Waals surface area (Å²) < 4.78 is 4.67. The Morgan fingerprint density at radius 1 is 1.11 bits per heavy atom. The molecule has 0 aromatic heterocycles. The number of hydrogen-bond donors (Lipinski definition) is 0. The summed E-state index contributed by atoms with van der Waals surface area (Å²) in [5.74, 6) is -0.491. The first-order chi connectivity index (χ1) is 9.06. The topological polar surface area (TPSA) is 26.3 Å². The summed E-state index contributed by atoms with van der Waals surface area (Å²) >= 11 is 17.6. The van der Waals surface area contributed by atoms with Crippen molar-refractivity contribution in [3.63, 3.8) is 0 Å². The fraction of sp³-hybridized carbons (Fsp3) is 0.0714. The number of halogens is 3. The maximum Gasteiger partial charge on any atom is 0.339 e. The zero-order valence-electron chi connectivity index (χ0n) is 9.91. The van der Waals surface area contributed by atoms with Crippen LogP contribution in [0.5, 0.6) is 0 Å². The Hall–Kier alpha value is -1.22. The van der Waals surface area contributed by atoms with Gasteiger partial charge in [0.05, 0.1) is 22.7 Å². The summed E-state index contributed by atoms with van der Waals surface area (Å²) in [7, 11) is 1.31. The van der Waals surface area contributed by atoms with Crippen molar-refractivity contribution >= 4 is 57.1 Å². The van der Waals surface area contributed by atoms with Crippen molar-refractivity contribution in [3.05, 3.63) is 51.5 Å². The Morgan fingerprint density at radius 3 is 2.32 bits per heavy atom. The average Bonchev–Trinajstić information content (AvgIpc) is 2.41. The number of fused-ring (bicyclic) bond motifs is 1. The molecule has 2 rings (SSSR count). The zero-order chi connectivity index (χ0) is 14.0. The third kappa shape index (κ3) is 2.86. The molecule has 2 aromatic carbocycles. The van der Waals surface area contributed by atoms with Crippen LogP contribution in [0.2, 0.25) is 10.0 Å². The van der Waals surface area contributed by atoms with Gasteiger partial charge in [-0.2, -0.15) is 0 Å². The van der Waals surface area contributed by atoms with Gasteiger partial charge in [0.2, 0.25) is 0 Å². The molecule has 0 spiro atoms. The lowest BCUT2D eigenvalue weighted by Gasteiger charge is -2.07. The third-order valence-electron chi connectivity index (χ3n) is 2.70. The first-order valence-corrected chi connectivity index (χ1v) is 6.54. The smallest absolute Gasteiger partial charge is 0.339 e. The van der Waals surface area contributed by atoms with Crippen molar-refractivity contribution in [1.82, 2.24) is 0 Å². The highest BCUT2D eigenvalue weighted by molar-refractivity contribution is 6.42. The molecular formula is C14H9Cl3O2. The van der Waals surface area contributed by atoms with E-state index in [0.717, 1.165) is 10.8 Å². The molecule has 0 aliphatic carbocycles. The third-order valence-corrected chi connectivity index (χ3v) is 3.65. The van der Waals surface area contributed by atoms with Gasteiger partial charge in [-0.05, 0) is 34.5 Å². The maximum atomic E-state index is 11.6. The summed E-state index contributed by atoms with van der Waals surface area (Å²) in [6.45, 7) is 0. The van der Waals surface area contributed by atoms with Crippen molar-refractivity contribution < 1.29 is 9.53 Å². The minimum absolute atomic E-state index is 0.289. The molecule has 0 radical (unpaired) electrons. The Bertz CT molecular complexity index is 678. The van der Waals surface area contributed by atoms with Crippen LogP contribution in [0.1, 0.15) is 5.56 Å². The van der Waals surface area contributed by atoms with E-state index < -0.39 is 5.97 Å². The van der Waals surface area contributed by atoms with Crippen molar-refractivity contribution in [3.8, 4) is 0 Å². The second-order valence-electron chi connectivity index (χ2n) is 3.84. The predicted molar refractivity (Wildman–Crippen MR) is 79.8 cm³/mol. The van der Waals surface area contributed by atoms with E-state index in [1.54, 1.807) is 18.2 Å². The summed E-state index contributed by atoms with van der Waals surface area (Å²) in [4.78, 5) is 11.6. The monoisotopic (exact) mass is 314 g/mol. The van der Waals surface area contributed by atoms with Gasteiger partial charge >= 0.3 is 5.97 Å². The lowest BCUT2D eigenvalue weighted by molar-refractivity contribution is -0.133.